The van der Waals surface area contributed by atoms with E-state index >= 15 is 0 Å². The highest BCUT2D eigenvalue weighted by atomic mass is 32.1. The van der Waals surface area contributed by atoms with Gasteiger partial charge in [-0.1, -0.05) is 29.8 Å². The van der Waals surface area contributed by atoms with E-state index in [0.29, 0.717) is 12.6 Å². The third-order valence-corrected chi connectivity index (χ3v) is 4.99. The Labute approximate surface area is 136 Å². The van der Waals surface area contributed by atoms with E-state index in [-0.39, 0.29) is 0 Å². The monoisotopic (exact) mass is 317 g/mol. The van der Waals surface area contributed by atoms with Gasteiger partial charge in [0.15, 0.2) is 0 Å². The molecule has 1 aromatic heterocycles. The molecule has 1 atom stereocenters. The van der Waals surface area contributed by atoms with Gasteiger partial charge < -0.3 is 9.64 Å². The molecule has 0 bridgehead atoms. The minimum Gasteiger partial charge on any atom is -0.384 e. The largest absolute Gasteiger partial charge is 0.384 e. The fourth-order valence-electron chi connectivity index (χ4n) is 2.95. The van der Waals surface area contributed by atoms with Gasteiger partial charge in [-0.25, -0.2) is 4.98 Å². The minimum absolute atomic E-state index is 0.547. The zero-order valence-corrected chi connectivity index (χ0v) is 14.1. The van der Waals surface area contributed by atoms with Crippen molar-refractivity contribution in [3.8, 4) is 0 Å². The Bertz CT molecular complexity index is 596. The second kappa shape index (κ2) is 7.20. The number of anilines is 1. The van der Waals surface area contributed by atoms with Crippen molar-refractivity contribution in [3.63, 3.8) is 0 Å². The van der Waals surface area contributed by atoms with Crippen molar-refractivity contribution in [1.29, 1.82) is 0 Å². The van der Waals surface area contributed by atoms with Crippen LogP contribution in [0, 0.1) is 6.92 Å². The second-order valence-corrected chi connectivity index (χ2v) is 6.65. The lowest BCUT2D eigenvalue weighted by Gasteiger charge is -2.23. The molecular formula is C17H23N3OS. The second-order valence-electron chi connectivity index (χ2n) is 5.92. The molecule has 1 unspecified atom stereocenters. The highest BCUT2D eigenvalue weighted by Gasteiger charge is 2.27. The summed E-state index contributed by atoms with van der Waals surface area (Å²) in [5, 5.41) is 1.07. The molecule has 4 nitrogen and oxygen atoms in total. The number of aromatic nitrogens is 2. The van der Waals surface area contributed by atoms with E-state index in [4.69, 9.17) is 4.74 Å². The van der Waals surface area contributed by atoms with E-state index in [1.165, 1.54) is 35.5 Å². The summed E-state index contributed by atoms with van der Waals surface area (Å²) >= 11 is 1.52. The lowest BCUT2D eigenvalue weighted by molar-refractivity contribution is 0.201. The van der Waals surface area contributed by atoms with Gasteiger partial charge in [0.25, 0.3) is 0 Å². The summed E-state index contributed by atoms with van der Waals surface area (Å²) in [4.78, 5) is 7.13. The summed E-state index contributed by atoms with van der Waals surface area (Å²) in [5.74, 6) is 0.905. The van der Waals surface area contributed by atoms with Crippen molar-refractivity contribution in [1.82, 2.24) is 9.36 Å². The highest BCUT2D eigenvalue weighted by Crippen LogP contribution is 2.29. The molecular weight excluding hydrogens is 294 g/mol. The van der Waals surface area contributed by atoms with Crippen molar-refractivity contribution in [2.24, 2.45) is 0 Å². The average molecular weight is 317 g/mol. The number of methoxy groups -OCH3 is 1. The van der Waals surface area contributed by atoms with Gasteiger partial charge in [0, 0.05) is 37.6 Å². The van der Waals surface area contributed by atoms with Crippen LogP contribution in [0.2, 0.25) is 0 Å². The SMILES string of the molecule is COCCc1nsc(N2CCCC2Cc2ccc(C)cc2)n1. The van der Waals surface area contributed by atoms with Crippen LogP contribution >= 0.6 is 11.5 Å². The average Bonchev–Trinajstić information content (AvgIpc) is 3.16. The van der Waals surface area contributed by atoms with E-state index in [9.17, 15) is 0 Å². The summed E-state index contributed by atoms with van der Waals surface area (Å²) in [6.07, 6.45) is 4.36. The quantitative estimate of drug-likeness (QED) is 0.820. The number of benzene rings is 1. The maximum Gasteiger partial charge on any atom is 0.205 e. The van der Waals surface area contributed by atoms with Gasteiger partial charge in [-0.3, -0.25) is 0 Å². The standard InChI is InChI=1S/C17H23N3OS/c1-13-5-7-14(8-6-13)12-15-4-3-10-20(15)17-18-16(19-22-17)9-11-21-2/h5-8,15H,3-4,9-12H2,1-2H3. The number of ether oxygens (including phenoxy) is 1. The molecule has 0 radical (unpaired) electrons. The summed E-state index contributed by atoms with van der Waals surface area (Å²) in [5.41, 5.74) is 2.73. The predicted octanol–water partition coefficient (Wildman–Crippen LogP) is 3.25. The Morgan fingerprint density at radius 1 is 1.32 bits per heavy atom. The van der Waals surface area contributed by atoms with Gasteiger partial charge in [-0.05, 0) is 31.7 Å². The molecule has 1 aromatic carbocycles. The Morgan fingerprint density at radius 2 is 2.14 bits per heavy atom. The molecule has 5 heteroatoms. The Balaban J connectivity index is 1.67. The summed E-state index contributed by atoms with van der Waals surface area (Å²) in [6.45, 7) is 3.91. The molecule has 3 rings (SSSR count). The van der Waals surface area contributed by atoms with E-state index in [1.54, 1.807) is 7.11 Å². The Kier molecular flexibility index (Phi) is 5.05. The van der Waals surface area contributed by atoms with Gasteiger partial charge in [0.1, 0.15) is 5.82 Å². The van der Waals surface area contributed by atoms with E-state index in [0.717, 1.165) is 30.3 Å². The zero-order valence-electron chi connectivity index (χ0n) is 13.3. The summed E-state index contributed by atoms with van der Waals surface area (Å²) < 4.78 is 9.56. The van der Waals surface area contributed by atoms with Crippen molar-refractivity contribution in [3.05, 3.63) is 41.2 Å². The predicted molar refractivity (Wildman–Crippen MR) is 90.7 cm³/mol. The first-order chi connectivity index (χ1) is 10.8. The molecule has 2 aromatic rings. The van der Waals surface area contributed by atoms with Crippen LogP contribution in [0.5, 0.6) is 0 Å². The summed E-state index contributed by atoms with van der Waals surface area (Å²) in [7, 11) is 1.71. The number of aryl methyl sites for hydroxylation is 1. The van der Waals surface area contributed by atoms with Crippen LogP contribution in [-0.2, 0) is 17.6 Å². The lowest BCUT2D eigenvalue weighted by atomic mass is 10.0. The number of nitrogens with zero attached hydrogens (tertiary/aromatic N) is 3. The lowest BCUT2D eigenvalue weighted by Crippen LogP contribution is -2.30. The van der Waals surface area contributed by atoms with Crippen LogP contribution in [0.3, 0.4) is 0 Å². The van der Waals surface area contributed by atoms with Crippen molar-refractivity contribution < 1.29 is 4.74 Å². The Hall–Kier alpha value is -1.46. The van der Waals surface area contributed by atoms with Crippen LogP contribution in [0.1, 0.15) is 29.8 Å². The van der Waals surface area contributed by atoms with Crippen molar-refractivity contribution in [2.75, 3.05) is 25.2 Å². The zero-order chi connectivity index (χ0) is 15.4. The topological polar surface area (TPSA) is 38.2 Å². The van der Waals surface area contributed by atoms with Gasteiger partial charge in [0.05, 0.1) is 6.61 Å². The minimum atomic E-state index is 0.547. The Morgan fingerprint density at radius 3 is 2.91 bits per heavy atom. The van der Waals surface area contributed by atoms with Crippen LogP contribution in [0.25, 0.3) is 0 Å². The molecule has 0 spiro atoms. The summed E-state index contributed by atoms with van der Waals surface area (Å²) in [6, 6.07) is 9.43. The van der Waals surface area contributed by atoms with Gasteiger partial charge in [-0.15, -0.1) is 0 Å². The smallest absolute Gasteiger partial charge is 0.205 e. The normalized spacial score (nSPS) is 18.1. The molecule has 1 fully saturated rings. The fourth-order valence-corrected chi connectivity index (χ4v) is 3.76. The van der Waals surface area contributed by atoms with Gasteiger partial charge in [-0.2, -0.15) is 4.37 Å². The third-order valence-electron chi connectivity index (χ3n) is 4.20. The van der Waals surface area contributed by atoms with Gasteiger partial charge in [0.2, 0.25) is 5.13 Å². The number of hydrogen-bond acceptors (Lipinski definition) is 5. The first-order valence-electron chi connectivity index (χ1n) is 7.90. The van der Waals surface area contributed by atoms with Crippen LogP contribution in [0.4, 0.5) is 5.13 Å². The fraction of sp³-hybridized carbons (Fsp3) is 0.529. The number of rotatable bonds is 6. The van der Waals surface area contributed by atoms with Gasteiger partial charge >= 0.3 is 0 Å². The van der Waals surface area contributed by atoms with Crippen LogP contribution in [0.15, 0.2) is 24.3 Å². The van der Waals surface area contributed by atoms with Crippen molar-refractivity contribution in [2.45, 2.75) is 38.6 Å². The van der Waals surface area contributed by atoms with Crippen molar-refractivity contribution >= 4 is 16.7 Å². The molecule has 0 saturated carbocycles. The third kappa shape index (κ3) is 3.65. The molecule has 0 aliphatic carbocycles. The molecule has 1 aliphatic rings. The highest BCUT2D eigenvalue weighted by molar-refractivity contribution is 7.09. The maximum absolute atomic E-state index is 5.10. The van der Waals surface area contributed by atoms with Crippen LogP contribution in [-0.4, -0.2) is 35.7 Å². The molecule has 0 amide bonds. The van der Waals surface area contributed by atoms with E-state index in [1.807, 2.05) is 0 Å². The molecule has 1 aliphatic heterocycles. The maximum atomic E-state index is 5.10. The molecule has 2 heterocycles. The molecule has 118 valence electrons. The molecule has 22 heavy (non-hydrogen) atoms. The number of hydrogen-bond donors (Lipinski definition) is 0. The first-order valence-corrected chi connectivity index (χ1v) is 8.67. The van der Waals surface area contributed by atoms with E-state index in [2.05, 4.69) is 45.4 Å². The van der Waals surface area contributed by atoms with E-state index < -0.39 is 0 Å². The molecule has 1 saturated heterocycles. The first kappa shape index (κ1) is 15.4. The molecule has 0 N–H and O–H groups in total. The van der Waals surface area contributed by atoms with Crippen LogP contribution < -0.4 is 4.90 Å².